The molecule has 1 aromatic carbocycles. The molecule has 25 heavy (non-hydrogen) atoms. The van der Waals surface area contributed by atoms with Crippen LogP contribution in [-0.2, 0) is 7.05 Å². The van der Waals surface area contributed by atoms with Crippen molar-refractivity contribution in [2.24, 2.45) is 12.1 Å². The molecule has 6 nitrogen and oxygen atoms in total. The first kappa shape index (κ1) is 16.4. The molecule has 1 aliphatic heterocycles. The van der Waals surface area contributed by atoms with Crippen LogP contribution >= 0.6 is 35.0 Å². The summed E-state index contributed by atoms with van der Waals surface area (Å²) in [6.45, 7) is 1.86. The standard InChI is InChI=1S/C16H12Cl2N6S/c1-9-20-21-16-24(9)22-15(12-4-3-11(17)6-13(12)18)14(25-16)5-10-7-19-23(2)8-10/h3-8H,1-2H3. The fourth-order valence-corrected chi connectivity index (χ4v) is 3.92. The number of allylic oxidation sites excluding steroid dienone is 1. The lowest BCUT2D eigenvalue weighted by Crippen LogP contribution is -2.13. The van der Waals surface area contributed by atoms with Crippen molar-refractivity contribution in [1.82, 2.24) is 24.7 Å². The number of thioether (sulfide) groups is 1. The minimum absolute atomic E-state index is 0.540. The molecule has 3 heterocycles. The van der Waals surface area contributed by atoms with Crippen molar-refractivity contribution in [3.63, 3.8) is 0 Å². The Morgan fingerprint density at radius 2 is 2.04 bits per heavy atom. The Morgan fingerprint density at radius 3 is 2.76 bits per heavy atom. The molecule has 9 heteroatoms. The normalized spacial score (nSPS) is 15.4. The average molecular weight is 391 g/mol. The van der Waals surface area contributed by atoms with Crippen LogP contribution in [0.5, 0.6) is 0 Å². The van der Waals surface area contributed by atoms with Gasteiger partial charge in [0, 0.05) is 34.3 Å². The highest BCUT2D eigenvalue weighted by Gasteiger charge is 2.24. The van der Waals surface area contributed by atoms with Gasteiger partial charge in [0.25, 0.3) is 0 Å². The Morgan fingerprint density at radius 1 is 1.20 bits per heavy atom. The molecule has 0 radical (unpaired) electrons. The van der Waals surface area contributed by atoms with E-state index in [-0.39, 0.29) is 0 Å². The van der Waals surface area contributed by atoms with E-state index in [0.29, 0.717) is 21.0 Å². The molecule has 3 aromatic rings. The summed E-state index contributed by atoms with van der Waals surface area (Å²) in [5.41, 5.74) is 2.51. The molecule has 0 amide bonds. The lowest BCUT2D eigenvalue weighted by molar-refractivity contribution is 0.738. The molecule has 0 saturated heterocycles. The molecular weight excluding hydrogens is 379 g/mol. The van der Waals surface area contributed by atoms with Crippen LogP contribution in [0.25, 0.3) is 6.08 Å². The van der Waals surface area contributed by atoms with Gasteiger partial charge in [0.15, 0.2) is 5.82 Å². The van der Waals surface area contributed by atoms with E-state index in [2.05, 4.69) is 15.3 Å². The maximum atomic E-state index is 6.42. The summed E-state index contributed by atoms with van der Waals surface area (Å²) in [5, 5.41) is 19.0. The molecule has 4 rings (SSSR count). The van der Waals surface area contributed by atoms with Crippen LogP contribution in [0.15, 0.2) is 45.8 Å². The third-order valence-corrected chi connectivity index (χ3v) is 5.13. The maximum Gasteiger partial charge on any atom is 0.216 e. The zero-order valence-corrected chi connectivity index (χ0v) is 15.6. The second kappa shape index (κ2) is 6.33. The van der Waals surface area contributed by atoms with Gasteiger partial charge >= 0.3 is 0 Å². The highest BCUT2D eigenvalue weighted by Crippen LogP contribution is 2.36. The van der Waals surface area contributed by atoms with Gasteiger partial charge in [-0.2, -0.15) is 14.9 Å². The first-order valence-corrected chi connectivity index (χ1v) is 8.93. The number of rotatable bonds is 2. The number of halogens is 2. The Kier molecular flexibility index (Phi) is 4.15. The van der Waals surface area contributed by atoms with E-state index in [1.54, 1.807) is 27.7 Å². The minimum Gasteiger partial charge on any atom is -0.275 e. The number of aromatic nitrogens is 5. The fourth-order valence-electron chi connectivity index (χ4n) is 2.45. The molecule has 0 unspecified atom stereocenters. The molecule has 0 spiro atoms. The molecule has 1 aliphatic rings. The second-order valence-electron chi connectivity index (χ2n) is 5.47. The molecule has 0 bridgehead atoms. The predicted molar refractivity (Wildman–Crippen MR) is 100 cm³/mol. The van der Waals surface area contributed by atoms with Gasteiger partial charge in [-0.15, -0.1) is 10.2 Å². The van der Waals surface area contributed by atoms with Crippen molar-refractivity contribution in [2.45, 2.75) is 12.1 Å². The van der Waals surface area contributed by atoms with Gasteiger partial charge in [-0.05, 0) is 43.0 Å². The number of nitrogens with zero attached hydrogens (tertiary/aromatic N) is 6. The van der Waals surface area contributed by atoms with Crippen molar-refractivity contribution in [2.75, 3.05) is 0 Å². The van der Waals surface area contributed by atoms with E-state index in [1.165, 1.54) is 11.8 Å². The van der Waals surface area contributed by atoms with E-state index in [4.69, 9.17) is 28.3 Å². The highest BCUT2D eigenvalue weighted by atomic mass is 35.5. The zero-order chi connectivity index (χ0) is 17.6. The third-order valence-electron chi connectivity index (χ3n) is 3.61. The summed E-state index contributed by atoms with van der Waals surface area (Å²) in [7, 11) is 1.88. The number of aryl methyl sites for hydroxylation is 2. The predicted octanol–water partition coefficient (Wildman–Crippen LogP) is 4.03. The summed E-state index contributed by atoms with van der Waals surface area (Å²) in [6, 6.07) is 5.37. The molecule has 0 saturated carbocycles. The van der Waals surface area contributed by atoms with Crippen molar-refractivity contribution in [1.29, 1.82) is 0 Å². The van der Waals surface area contributed by atoms with E-state index in [9.17, 15) is 0 Å². The molecule has 0 fully saturated rings. The van der Waals surface area contributed by atoms with Crippen LogP contribution in [-0.4, -0.2) is 30.4 Å². The first-order valence-electron chi connectivity index (χ1n) is 7.36. The van der Waals surface area contributed by atoms with Crippen molar-refractivity contribution >= 4 is 46.8 Å². The Balaban J connectivity index is 1.89. The molecule has 0 aliphatic carbocycles. The Labute approximate surface area is 158 Å². The number of benzene rings is 1. The number of hydrogen-bond acceptors (Lipinski definition) is 5. The number of fused-ring (bicyclic) bond motifs is 1. The summed E-state index contributed by atoms with van der Waals surface area (Å²) in [4.78, 5) is 0.914. The zero-order valence-electron chi connectivity index (χ0n) is 13.3. The Hall–Kier alpha value is -2.09. The van der Waals surface area contributed by atoms with Crippen LogP contribution in [0, 0.1) is 6.92 Å². The molecule has 2 aromatic heterocycles. The van der Waals surface area contributed by atoms with Crippen molar-refractivity contribution in [3.05, 3.63) is 62.5 Å². The highest BCUT2D eigenvalue weighted by molar-refractivity contribution is 8.04. The molecular formula is C16H12Cl2N6S. The average Bonchev–Trinajstić information content (AvgIpc) is 3.13. The van der Waals surface area contributed by atoms with Gasteiger partial charge in [0.1, 0.15) is 5.71 Å². The lowest BCUT2D eigenvalue weighted by atomic mass is 10.1. The Bertz CT molecular complexity index is 1030. The van der Waals surface area contributed by atoms with Crippen LogP contribution in [0.4, 0.5) is 0 Å². The van der Waals surface area contributed by atoms with Gasteiger partial charge in [-0.3, -0.25) is 4.68 Å². The van der Waals surface area contributed by atoms with Gasteiger partial charge in [0.05, 0.1) is 11.2 Å². The summed E-state index contributed by atoms with van der Waals surface area (Å²) >= 11 is 13.9. The lowest BCUT2D eigenvalue weighted by Gasteiger charge is -2.17. The fraction of sp³-hybridized carbons (Fsp3) is 0.125. The van der Waals surface area contributed by atoms with Crippen molar-refractivity contribution < 1.29 is 0 Å². The minimum atomic E-state index is 0.540. The third kappa shape index (κ3) is 3.10. The van der Waals surface area contributed by atoms with E-state index in [0.717, 1.165) is 21.7 Å². The summed E-state index contributed by atoms with van der Waals surface area (Å²) in [5.74, 6) is 0.713. The van der Waals surface area contributed by atoms with Gasteiger partial charge in [0.2, 0.25) is 5.16 Å². The quantitative estimate of drug-likeness (QED) is 0.662. The van der Waals surface area contributed by atoms with Gasteiger partial charge < -0.3 is 0 Å². The van der Waals surface area contributed by atoms with E-state index >= 15 is 0 Å². The molecule has 0 N–H and O–H groups in total. The number of hydrogen-bond donors (Lipinski definition) is 0. The SMILES string of the molecule is Cc1nnc2n1N=C(c1ccc(Cl)cc1Cl)C(=Cc1cnn(C)c1)S2. The van der Waals surface area contributed by atoms with Gasteiger partial charge in [-0.25, -0.2) is 0 Å². The second-order valence-corrected chi connectivity index (χ2v) is 7.33. The molecule has 0 atom stereocenters. The maximum absolute atomic E-state index is 6.42. The van der Waals surface area contributed by atoms with Crippen LogP contribution in [0.2, 0.25) is 10.0 Å². The van der Waals surface area contributed by atoms with E-state index < -0.39 is 0 Å². The monoisotopic (exact) mass is 390 g/mol. The van der Waals surface area contributed by atoms with Crippen molar-refractivity contribution in [3.8, 4) is 0 Å². The summed E-state index contributed by atoms with van der Waals surface area (Å²) in [6.07, 6.45) is 5.73. The van der Waals surface area contributed by atoms with Crippen LogP contribution in [0.3, 0.4) is 0 Å². The largest absolute Gasteiger partial charge is 0.275 e. The van der Waals surface area contributed by atoms with Gasteiger partial charge in [-0.1, -0.05) is 23.2 Å². The van der Waals surface area contributed by atoms with Crippen LogP contribution < -0.4 is 0 Å². The molecule has 126 valence electrons. The smallest absolute Gasteiger partial charge is 0.216 e. The first-order chi connectivity index (χ1) is 12.0. The van der Waals surface area contributed by atoms with E-state index in [1.807, 2.05) is 32.3 Å². The topological polar surface area (TPSA) is 60.9 Å². The van der Waals surface area contributed by atoms with Crippen LogP contribution in [0.1, 0.15) is 17.0 Å². The summed E-state index contributed by atoms with van der Waals surface area (Å²) < 4.78 is 3.46.